The van der Waals surface area contributed by atoms with E-state index < -0.39 is 49.5 Å². The van der Waals surface area contributed by atoms with Crippen LogP contribution in [0.15, 0.2) is 0 Å². The first-order chi connectivity index (χ1) is 16.6. The van der Waals surface area contributed by atoms with Crippen molar-refractivity contribution in [2.24, 2.45) is 0 Å². The van der Waals surface area contributed by atoms with E-state index in [1.807, 2.05) is 0 Å². The van der Waals surface area contributed by atoms with E-state index in [9.17, 15) is 26.4 Å². The van der Waals surface area contributed by atoms with Gasteiger partial charge in [0.1, 0.15) is 0 Å². The van der Waals surface area contributed by atoms with Crippen molar-refractivity contribution in [1.29, 1.82) is 0 Å². The molecule has 0 aliphatic rings. The summed E-state index contributed by atoms with van der Waals surface area (Å²) in [4.78, 5) is 23.2. The Morgan fingerprint density at radius 2 is 1.11 bits per heavy atom. The van der Waals surface area contributed by atoms with Gasteiger partial charge in [-0.2, -0.15) is 16.8 Å². The van der Waals surface area contributed by atoms with Crippen molar-refractivity contribution in [2.45, 2.75) is 128 Å². The molecule has 35 heavy (non-hydrogen) atoms. The Balaban J connectivity index is 3.81. The maximum absolute atomic E-state index is 12.0. The van der Waals surface area contributed by atoms with Crippen molar-refractivity contribution in [1.82, 2.24) is 5.32 Å². The molecule has 1 unspecified atom stereocenters. The average Bonchev–Trinajstić information content (AvgIpc) is 2.78. The number of amides is 1. The van der Waals surface area contributed by atoms with Crippen LogP contribution in [0.2, 0.25) is 0 Å². The van der Waals surface area contributed by atoms with Crippen molar-refractivity contribution >= 4 is 32.1 Å². The lowest BCUT2D eigenvalue weighted by atomic mass is 10.0. The number of carbonyl (C=O) groups is 2. The molecule has 0 aromatic carbocycles. The Morgan fingerprint density at radius 1 is 0.714 bits per heavy atom. The minimum Gasteiger partial charge on any atom is -0.480 e. The number of unbranched alkanes of at least 4 members (excludes halogenated alkanes) is 15. The highest BCUT2D eigenvalue weighted by Gasteiger charge is 2.38. The number of hydrogen-bond acceptors (Lipinski definition) is 7. The molecule has 0 rings (SSSR count). The summed E-state index contributed by atoms with van der Waals surface area (Å²) in [6, 6.07) is 0. The summed E-state index contributed by atoms with van der Waals surface area (Å²) in [5.74, 6) is -3.25. The van der Waals surface area contributed by atoms with Crippen LogP contribution in [0.5, 0.6) is 0 Å². The van der Waals surface area contributed by atoms with E-state index in [4.69, 9.17) is 5.11 Å². The number of nitrogens with one attached hydrogen (secondary N) is 1. The Kier molecular flexibility index (Phi) is 19.2. The number of aliphatic carboxylic acids is 1. The van der Waals surface area contributed by atoms with E-state index >= 15 is 0 Å². The molecule has 2 N–H and O–H groups in total. The van der Waals surface area contributed by atoms with E-state index in [1.165, 1.54) is 77.0 Å². The summed E-state index contributed by atoms with van der Waals surface area (Å²) in [5.41, 5.74) is 0. The maximum atomic E-state index is 12.0. The highest BCUT2D eigenvalue weighted by atomic mass is 32.3. The van der Waals surface area contributed by atoms with Crippen molar-refractivity contribution in [3.05, 3.63) is 0 Å². The van der Waals surface area contributed by atoms with Gasteiger partial charge in [-0.15, -0.1) is 3.63 Å². The third-order valence-electron chi connectivity index (χ3n) is 5.90. The summed E-state index contributed by atoms with van der Waals surface area (Å²) in [5, 5.41) is 9.33. The van der Waals surface area contributed by atoms with Gasteiger partial charge >= 0.3 is 5.97 Å². The van der Waals surface area contributed by atoms with Crippen LogP contribution in [-0.2, 0) is 33.5 Å². The molecule has 0 fully saturated rings. The molecule has 0 aromatic heterocycles. The third-order valence-corrected chi connectivity index (χ3v) is 9.26. The molecular weight excluding hydrogens is 494 g/mol. The maximum Gasteiger partial charge on any atom is 0.324 e. The van der Waals surface area contributed by atoms with Crippen LogP contribution in [0.1, 0.15) is 123 Å². The zero-order valence-electron chi connectivity index (χ0n) is 21.6. The predicted molar refractivity (Wildman–Crippen MR) is 138 cm³/mol. The molecule has 208 valence electrons. The Morgan fingerprint density at radius 3 is 1.49 bits per heavy atom. The minimum absolute atomic E-state index is 0.303. The van der Waals surface area contributed by atoms with Gasteiger partial charge in [0.2, 0.25) is 5.91 Å². The van der Waals surface area contributed by atoms with Gasteiger partial charge in [0.25, 0.3) is 20.2 Å². The largest absolute Gasteiger partial charge is 0.480 e. The smallest absolute Gasteiger partial charge is 0.324 e. The van der Waals surface area contributed by atoms with Gasteiger partial charge in [-0.1, -0.05) is 103 Å². The first-order valence-corrected chi connectivity index (χ1v) is 16.3. The van der Waals surface area contributed by atoms with Crippen molar-refractivity contribution in [3.63, 3.8) is 0 Å². The van der Waals surface area contributed by atoms with Gasteiger partial charge in [0.05, 0.1) is 12.2 Å². The SMILES string of the molecule is CCCCCCCCCCCCCCCCCCNC(=O)CC(C(=O)O)S(=O)(=O)OS(=O)(=O)CC. The number of rotatable bonds is 24. The first-order valence-electron chi connectivity index (χ1n) is 13.2. The Bertz CT molecular complexity index is 781. The van der Waals surface area contributed by atoms with E-state index in [-0.39, 0.29) is 0 Å². The molecule has 0 spiro atoms. The fourth-order valence-corrected chi connectivity index (χ4v) is 6.22. The molecule has 0 bridgehead atoms. The van der Waals surface area contributed by atoms with E-state index in [0.717, 1.165) is 26.2 Å². The molecule has 0 aromatic rings. The van der Waals surface area contributed by atoms with Gasteiger partial charge in [-0.05, 0) is 13.3 Å². The zero-order valence-corrected chi connectivity index (χ0v) is 23.3. The summed E-state index contributed by atoms with van der Waals surface area (Å²) in [6.07, 6.45) is 18.7. The molecule has 0 saturated heterocycles. The standard InChI is InChI=1S/C24H47NO8S2/c1-3-5-6-7-8-9-10-11-12-13-14-15-16-17-18-19-20-25-23(26)21-22(24(27)28)35(31,32)33-34(29,30)4-2/h22H,3-21H2,1-2H3,(H,25,26)(H,27,28). The van der Waals surface area contributed by atoms with Crippen LogP contribution in [0.4, 0.5) is 0 Å². The predicted octanol–water partition coefficient (Wildman–Crippen LogP) is 4.90. The second-order valence-electron chi connectivity index (χ2n) is 9.09. The molecule has 1 atom stereocenters. The quantitative estimate of drug-likeness (QED) is 0.164. The molecule has 11 heteroatoms. The molecule has 0 heterocycles. The highest BCUT2D eigenvalue weighted by Crippen LogP contribution is 2.15. The fourth-order valence-electron chi connectivity index (χ4n) is 3.69. The normalized spacial score (nSPS) is 13.0. The van der Waals surface area contributed by atoms with E-state index in [1.54, 1.807) is 0 Å². The second kappa shape index (κ2) is 19.9. The first kappa shape index (κ1) is 33.8. The summed E-state index contributed by atoms with van der Waals surface area (Å²) in [7, 11) is -9.42. The van der Waals surface area contributed by atoms with E-state index in [0.29, 0.717) is 13.0 Å². The van der Waals surface area contributed by atoms with Crippen LogP contribution in [0.25, 0.3) is 0 Å². The molecule has 0 saturated carbocycles. The van der Waals surface area contributed by atoms with Gasteiger partial charge in [-0.25, -0.2) is 0 Å². The number of hydrogen-bond donors (Lipinski definition) is 2. The fraction of sp³-hybridized carbons (Fsp3) is 0.917. The summed E-state index contributed by atoms with van der Waals surface area (Å²) < 4.78 is 50.7. The van der Waals surface area contributed by atoms with Crippen LogP contribution < -0.4 is 5.32 Å². The van der Waals surface area contributed by atoms with Gasteiger partial charge in [0.15, 0.2) is 5.25 Å². The van der Waals surface area contributed by atoms with Gasteiger partial charge in [-0.3, -0.25) is 9.59 Å². The van der Waals surface area contributed by atoms with Crippen LogP contribution in [0.3, 0.4) is 0 Å². The van der Waals surface area contributed by atoms with Crippen LogP contribution in [0, 0.1) is 0 Å². The highest BCUT2D eigenvalue weighted by molar-refractivity contribution is 8.00. The van der Waals surface area contributed by atoms with Crippen LogP contribution in [-0.4, -0.2) is 51.4 Å². The number of carboxylic acid groups (broad SMARTS) is 1. The van der Waals surface area contributed by atoms with E-state index in [2.05, 4.69) is 15.9 Å². The topological polar surface area (TPSA) is 144 Å². The molecule has 0 aliphatic heterocycles. The lowest BCUT2D eigenvalue weighted by molar-refractivity contribution is -0.138. The molecule has 9 nitrogen and oxygen atoms in total. The van der Waals surface area contributed by atoms with Crippen molar-refractivity contribution in [2.75, 3.05) is 12.3 Å². The third kappa shape index (κ3) is 18.7. The monoisotopic (exact) mass is 541 g/mol. The zero-order chi connectivity index (χ0) is 26.6. The molecule has 0 aliphatic carbocycles. The summed E-state index contributed by atoms with van der Waals surface area (Å²) in [6.45, 7) is 3.70. The van der Waals surface area contributed by atoms with Gasteiger partial charge in [0, 0.05) is 6.54 Å². The lowest BCUT2D eigenvalue weighted by Crippen LogP contribution is -2.38. The van der Waals surface area contributed by atoms with Crippen LogP contribution >= 0.6 is 0 Å². The minimum atomic E-state index is -5.00. The van der Waals surface area contributed by atoms with Gasteiger partial charge < -0.3 is 10.4 Å². The Hall–Kier alpha value is -1.20. The Labute approximate surface area is 213 Å². The second-order valence-corrected chi connectivity index (χ2v) is 12.9. The number of carbonyl (C=O) groups excluding carboxylic acids is 1. The summed E-state index contributed by atoms with van der Waals surface area (Å²) >= 11 is 0. The molecule has 1 amide bonds. The average molecular weight is 542 g/mol. The lowest BCUT2D eigenvalue weighted by Gasteiger charge is -2.13. The van der Waals surface area contributed by atoms with Crippen molar-refractivity contribution < 1.29 is 35.2 Å². The number of carboxylic acids is 1. The molecule has 0 radical (unpaired) electrons. The molecular formula is C24H47NO8S2. The van der Waals surface area contributed by atoms with Crippen molar-refractivity contribution in [3.8, 4) is 0 Å².